The molecule has 1 atom stereocenters. The summed E-state index contributed by atoms with van der Waals surface area (Å²) in [4.78, 5) is 0. The van der Waals surface area contributed by atoms with Gasteiger partial charge in [0.05, 0.1) is 20.8 Å². The number of rotatable bonds is 5. The van der Waals surface area contributed by atoms with Crippen LogP contribution in [-0.4, -0.2) is 33.5 Å². The summed E-state index contributed by atoms with van der Waals surface area (Å²) in [6.45, 7) is -0.631. The van der Waals surface area contributed by atoms with Crippen molar-refractivity contribution < 1.29 is 22.6 Å². The topological polar surface area (TPSA) is 30.5 Å². The van der Waals surface area contributed by atoms with Crippen LogP contribution in [0.25, 0.3) is 0 Å². The van der Waals surface area contributed by atoms with Gasteiger partial charge >= 0.3 is 6.18 Å². The summed E-state index contributed by atoms with van der Waals surface area (Å²) in [6, 6.07) is 3.73. The minimum Gasteiger partial charge on any atom is -0.493 e. The number of hydrogen-bond acceptors (Lipinski definition) is 3. The van der Waals surface area contributed by atoms with E-state index in [0.717, 1.165) is 17.5 Å². The van der Waals surface area contributed by atoms with Gasteiger partial charge in [-0.25, -0.2) is 0 Å². The van der Waals surface area contributed by atoms with Gasteiger partial charge in [-0.3, -0.25) is 0 Å². The summed E-state index contributed by atoms with van der Waals surface area (Å²) < 4.78 is 46.5. The van der Waals surface area contributed by atoms with Gasteiger partial charge in [-0.1, -0.05) is 0 Å². The van der Waals surface area contributed by atoms with Crippen LogP contribution in [0.4, 0.5) is 13.2 Å². The molecule has 0 bridgehead atoms. The van der Waals surface area contributed by atoms with E-state index in [1.54, 1.807) is 14.2 Å². The minimum absolute atomic E-state index is 0.108. The third-order valence-corrected chi connectivity index (χ3v) is 3.27. The summed E-state index contributed by atoms with van der Waals surface area (Å²) in [5.74, 6) is 1.38. The van der Waals surface area contributed by atoms with Crippen LogP contribution in [0.1, 0.15) is 17.0 Å². The van der Waals surface area contributed by atoms with Gasteiger partial charge in [0.25, 0.3) is 0 Å². The highest BCUT2D eigenvalue weighted by Crippen LogP contribution is 2.42. The van der Waals surface area contributed by atoms with E-state index in [0.29, 0.717) is 18.0 Å². The molecular formula is C13H16F3NO2. The summed E-state index contributed by atoms with van der Waals surface area (Å²) in [5.41, 5.74) is 2.14. The first-order chi connectivity index (χ1) is 8.94. The monoisotopic (exact) mass is 275 g/mol. The molecule has 1 aliphatic carbocycles. The van der Waals surface area contributed by atoms with Crippen molar-refractivity contribution in [3.8, 4) is 11.5 Å². The molecular weight excluding hydrogens is 259 g/mol. The van der Waals surface area contributed by atoms with Crippen molar-refractivity contribution >= 4 is 0 Å². The van der Waals surface area contributed by atoms with Crippen LogP contribution in [0.5, 0.6) is 11.5 Å². The molecule has 0 amide bonds. The maximum atomic E-state index is 12.0. The van der Waals surface area contributed by atoms with Gasteiger partial charge in [0.15, 0.2) is 11.5 Å². The molecule has 0 radical (unpaired) electrons. The van der Waals surface area contributed by atoms with Crippen LogP contribution < -0.4 is 14.8 Å². The lowest BCUT2D eigenvalue weighted by Gasteiger charge is -2.31. The Bertz CT molecular complexity index is 460. The summed E-state index contributed by atoms with van der Waals surface area (Å²) in [5, 5.41) is 2.44. The Morgan fingerprint density at radius 2 is 1.84 bits per heavy atom. The van der Waals surface area contributed by atoms with Crippen molar-refractivity contribution in [1.82, 2.24) is 5.32 Å². The zero-order valence-electron chi connectivity index (χ0n) is 10.8. The number of benzene rings is 1. The molecule has 0 fully saturated rings. The van der Waals surface area contributed by atoms with Crippen molar-refractivity contribution in [2.75, 3.05) is 27.3 Å². The second-order valence-electron chi connectivity index (χ2n) is 4.55. The minimum atomic E-state index is -4.16. The van der Waals surface area contributed by atoms with Gasteiger partial charge in [0, 0.05) is 12.5 Å². The van der Waals surface area contributed by atoms with Gasteiger partial charge < -0.3 is 14.8 Å². The maximum absolute atomic E-state index is 12.0. The van der Waals surface area contributed by atoms with Crippen LogP contribution in [-0.2, 0) is 6.42 Å². The molecule has 0 unspecified atom stereocenters. The molecule has 0 saturated heterocycles. The molecule has 0 aliphatic heterocycles. The molecule has 1 aliphatic rings. The number of halogens is 3. The molecule has 19 heavy (non-hydrogen) atoms. The van der Waals surface area contributed by atoms with Crippen LogP contribution in [0, 0.1) is 0 Å². The van der Waals surface area contributed by atoms with Crippen LogP contribution in [0.15, 0.2) is 12.1 Å². The van der Waals surface area contributed by atoms with Gasteiger partial charge in [-0.05, 0) is 29.7 Å². The Morgan fingerprint density at radius 3 is 2.42 bits per heavy atom. The van der Waals surface area contributed by atoms with E-state index >= 15 is 0 Å². The number of alkyl halides is 3. The van der Waals surface area contributed by atoms with Crippen molar-refractivity contribution in [2.45, 2.75) is 18.5 Å². The molecule has 0 saturated carbocycles. The number of fused-ring (bicyclic) bond motifs is 1. The zero-order valence-corrected chi connectivity index (χ0v) is 10.8. The van der Waals surface area contributed by atoms with Crippen molar-refractivity contribution in [3.05, 3.63) is 23.3 Å². The normalized spacial score (nSPS) is 17.6. The lowest BCUT2D eigenvalue weighted by atomic mass is 9.77. The molecule has 2 rings (SSSR count). The predicted octanol–water partition coefficient (Wildman–Crippen LogP) is 2.50. The Balaban J connectivity index is 1.99. The van der Waals surface area contributed by atoms with Gasteiger partial charge in [-0.2, -0.15) is 13.2 Å². The summed E-state index contributed by atoms with van der Waals surface area (Å²) in [7, 11) is 3.10. The van der Waals surface area contributed by atoms with E-state index < -0.39 is 12.7 Å². The molecule has 0 aromatic heterocycles. The Hall–Kier alpha value is -1.43. The van der Waals surface area contributed by atoms with Gasteiger partial charge in [0.2, 0.25) is 0 Å². The fourth-order valence-corrected chi connectivity index (χ4v) is 2.31. The second kappa shape index (κ2) is 5.28. The molecule has 106 valence electrons. The Labute approximate surface area is 109 Å². The zero-order chi connectivity index (χ0) is 14.0. The molecule has 0 spiro atoms. The van der Waals surface area contributed by atoms with E-state index in [2.05, 4.69) is 5.32 Å². The largest absolute Gasteiger partial charge is 0.493 e. The standard InChI is InChI=1S/C13H16F3NO2/c1-18-11-4-8-3-9(6-17-7-13(14,15)16)10(8)5-12(11)19-2/h4-5,9,17H,3,6-7H2,1-2H3/t9-/m1/s1. The first-order valence-corrected chi connectivity index (χ1v) is 5.97. The van der Waals surface area contributed by atoms with Crippen molar-refractivity contribution in [2.24, 2.45) is 0 Å². The smallest absolute Gasteiger partial charge is 0.401 e. The lowest BCUT2D eigenvalue weighted by Crippen LogP contribution is -2.35. The SMILES string of the molecule is COc1cc2c(cc1OC)[C@@H](CNCC(F)(F)F)C2. The first-order valence-electron chi connectivity index (χ1n) is 5.97. The maximum Gasteiger partial charge on any atom is 0.401 e. The number of methoxy groups -OCH3 is 2. The number of nitrogens with one attached hydrogen (secondary N) is 1. The fraction of sp³-hybridized carbons (Fsp3) is 0.538. The van der Waals surface area contributed by atoms with Crippen LogP contribution in [0.3, 0.4) is 0 Å². The number of hydrogen-bond donors (Lipinski definition) is 1. The molecule has 1 N–H and O–H groups in total. The van der Waals surface area contributed by atoms with Gasteiger partial charge in [0.1, 0.15) is 0 Å². The van der Waals surface area contributed by atoms with E-state index in [9.17, 15) is 13.2 Å². The summed E-state index contributed by atoms with van der Waals surface area (Å²) in [6.07, 6.45) is -3.40. The first kappa shape index (κ1) is 14.0. The van der Waals surface area contributed by atoms with E-state index in [-0.39, 0.29) is 5.92 Å². The third-order valence-electron chi connectivity index (χ3n) is 3.27. The molecule has 1 aromatic carbocycles. The quantitative estimate of drug-likeness (QED) is 0.895. The van der Waals surface area contributed by atoms with Gasteiger partial charge in [-0.15, -0.1) is 0 Å². The van der Waals surface area contributed by atoms with Crippen LogP contribution >= 0.6 is 0 Å². The highest BCUT2D eigenvalue weighted by molar-refractivity contribution is 5.53. The molecule has 1 aromatic rings. The molecule has 3 nitrogen and oxygen atoms in total. The van der Waals surface area contributed by atoms with E-state index in [1.165, 1.54) is 0 Å². The van der Waals surface area contributed by atoms with Crippen molar-refractivity contribution in [1.29, 1.82) is 0 Å². The highest BCUT2D eigenvalue weighted by atomic mass is 19.4. The van der Waals surface area contributed by atoms with E-state index in [1.807, 2.05) is 12.1 Å². The predicted molar refractivity (Wildman–Crippen MR) is 64.9 cm³/mol. The van der Waals surface area contributed by atoms with Crippen molar-refractivity contribution in [3.63, 3.8) is 0 Å². The fourth-order valence-electron chi connectivity index (χ4n) is 2.31. The lowest BCUT2D eigenvalue weighted by molar-refractivity contribution is -0.124. The Morgan fingerprint density at radius 1 is 1.21 bits per heavy atom. The third kappa shape index (κ3) is 3.12. The van der Waals surface area contributed by atoms with E-state index in [4.69, 9.17) is 9.47 Å². The average Bonchev–Trinajstić information content (AvgIpc) is 2.33. The average molecular weight is 275 g/mol. The molecule has 6 heteroatoms. The second-order valence-corrected chi connectivity index (χ2v) is 4.55. The summed E-state index contributed by atoms with van der Waals surface area (Å²) >= 11 is 0. The highest BCUT2D eigenvalue weighted by Gasteiger charge is 2.31. The molecule has 0 heterocycles. The van der Waals surface area contributed by atoms with Crippen LogP contribution in [0.2, 0.25) is 0 Å². The Kier molecular flexibility index (Phi) is 3.89. The number of ether oxygens (including phenoxy) is 2.